The summed E-state index contributed by atoms with van der Waals surface area (Å²) in [7, 11) is 1.91. The van der Waals surface area contributed by atoms with Crippen molar-refractivity contribution < 1.29 is 4.79 Å². The molecule has 1 N–H and O–H groups in total. The Labute approximate surface area is 155 Å². The maximum atomic E-state index is 12.5. The van der Waals surface area contributed by atoms with Crippen LogP contribution in [0, 0.1) is 13.8 Å². The van der Waals surface area contributed by atoms with Gasteiger partial charge >= 0.3 is 0 Å². The van der Waals surface area contributed by atoms with Crippen molar-refractivity contribution in [2.75, 3.05) is 5.32 Å². The van der Waals surface area contributed by atoms with Gasteiger partial charge in [-0.2, -0.15) is 0 Å². The minimum atomic E-state index is -0.332. The number of rotatable bonds is 3. The van der Waals surface area contributed by atoms with Crippen molar-refractivity contribution in [1.29, 1.82) is 0 Å². The van der Waals surface area contributed by atoms with Crippen LogP contribution in [0.1, 0.15) is 21.7 Å². The molecule has 3 rings (SSSR count). The molecule has 7 heteroatoms. The van der Waals surface area contributed by atoms with E-state index < -0.39 is 0 Å². The number of aryl methyl sites for hydroxylation is 2. The first-order chi connectivity index (χ1) is 11.9. The van der Waals surface area contributed by atoms with Crippen LogP contribution in [0.5, 0.6) is 0 Å². The average Bonchev–Trinajstić information content (AvgIpc) is 2.88. The Morgan fingerprint density at radius 2 is 1.92 bits per heavy atom. The van der Waals surface area contributed by atoms with E-state index in [0.29, 0.717) is 16.3 Å². The fraction of sp³-hybridized carbons (Fsp3) is 0.167. The summed E-state index contributed by atoms with van der Waals surface area (Å²) in [4.78, 5) is 20.9. The topological polar surface area (TPSA) is 59.8 Å². The molecule has 128 valence electrons. The number of halogens is 2. The largest absolute Gasteiger partial charge is 0.331 e. The highest BCUT2D eigenvalue weighted by atomic mass is 35.5. The van der Waals surface area contributed by atoms with Gasteiger partial charge in [0, 0.05) is 35.9 Å². The number of carbonyl (C=O) groups excluding carboxylic acids is 1. The van der Waals surface area contributed by atoms with E-state index in [-0.39, 0.29) is 11.1 Å². The van der Waals surface area contributed by atoms with E-state index in [0.717, 1.165) is 22.8 Å². The summed E-state index contributed by atoms with van der Waals surface area (Å²) in [6.45, 7) is 3.77. The number of imidazole rings is 1. The van der Waals surface area contributed by atoms with Gasteiger partial charge in [-0.05, 0) is 44.2 Å². The van der Waals surface area contributed by atoms with Crippen LogP contribution in [0.3, 0.4) is 0 Å². The fourth-order valence-corrected chi connectivity index (χ4v) is 2.90. The first-order valence-electron chi connectivity index (χ1n) is 7.59. The Morgan fingerprint density at radius 3 is 2.56 bits per heavy atom. The lowest BCUT2D eigenvalue weighted by atomic mass is 10.1. The van der Waals surface area contributed by atoms with Crippen molar-refractivity contribution in [1.82, 2.24) is 14.5 Å². The Hall–Kier alpha value is -2.37. The number of carbonyl (C=O) groups is 1. The third-order valence-electron chi connectivity index (χ3n) is 3.92. The predicted octanol–water partition coefficient (Wildman–Crippen LogP) is 4.66. The Morgan fingerprint density at radius 1 is 1.16 bits per heavy atom. The number of nitrogens with one attached hydrogen (secondary N) is 1. The molecule has 2 heterocycles. The van der Waals surface area contributed by atoms with Gasteiger partial charge in [-0.25, -0.2) is 9.97 Å². The summed E-state index contributed by atoms with van der Waals surface area (Å²) in [5, 5.41) is 3.55. The molecule has 0 aliphatic carbocycles. The SMILES string of the molecule is Cc1ccc(C(=O)Nc2ccc(Cl)c(-c3ncc(C)n3C)c2)c(Cl)n1. The molecule has 25 heavy (non-hydrogen) atoms. The molecular formula is C18H16Cl2N4O. The Bertz CT molecular complexity index is 966. The van der Waals surface area contributed by atoms with Gasteiger partial charge in [0.25, 0.3) is 5.91 Å². The molecule has 0 atom stereocenters. The summed E-state index contributed by atoms with van der Waals surface area (Å²) >= 11 is 12.4. The molecule has 0 spiro atoms. The van der Waals surface area contributed by atoms with Gasteiger partial charge in [0.05, 0.1) is 10.6 Å². The molecule has 0 saturated heterocycles. The highest BCUT2D eigenvalue weighted by Crippen LogP contribution is 2.30. The van der Waals surface area contributed by atoms with Crippen LogP contribution in [0.15, 0.2) is 36.5 Å². The number of anilines is 1. The second-order valence-electron chi connectivity index (χ2n) is 5.72. The zero-order valence-electron chi connectivity index (χ0n) is 14.0. The smallest absolute Gasteiger partial charge is 0.258 e. The van der Waals surface area contributed by atoms with Gasteiger partial charge < -0.3 is 9.88 Å². The second kappa shape index (κ2) is 6.86. The maximum Gasteiger partial charge on any atom is 0.258 e. The van der Waals surface area contributed by atoms with E-state index in [4.69, 9.17) is 23.2 Å². The summed E-state index contributed by atoms with van der Waals surface area (Å²) in [5.74, 6) is 0.399. The maximum absolute atomic E-state index is 12.5. The minimum absolute atomic E-state index is 0.173. The van der Waals surface area contributed by atoms with Crippen molar-refractivity contribution in [3.63, 3.8) is 0 Å². The monoisotopic (exact) mass is 374 g/mol. The van der Waals surface area contributed by atoms with Crippen LogP contribution in [-0.2, 0) is 7.05 Å². The molecule has 0 aliphatic rings. The molecule has 0 unspecified atom stereocenters. The number of nitrogens with zero attached hydrogens (tertiary/aromatic N) is 3. The average molecular weight is 375 g/mol. The summed E-state index contributed by atoms with van der Waals surface area (Å²) in [6, 6.07) is 8.64. The zero-order chi connectivity index (χ0) is 18.1. The number of hydrogen-bond acceptors (Lipinski definition) is 3. The molecule has 3 aromatic rings. The van der Waals surface area contributed by atoms with Crippen LogP contribution in [-0.4, -0.2) is 20.4 Å². The quantitative estimate of drug-likeness (QED) is 0.678. The molecule has 0 saturated carbocycles. The van der Waals surface area contributed by atoms with Crippen LogP contribution in [0.2, 0.25) is 10.2 Å². The molecular weight excluding hydrogens is 359 g/mol. The highest BCUT2D eigenvalue weighted by molar-refractivity contribution is 6.34. The van der Waals surface area contributed by atoms with E-state index in [1.165, 1.54) is 0 Å². The van der Waals surface area contributed by atoms with E-state index >= 15 is 0 Å². The lowest BCUT2D eigenvalue weighted by Crippen LogP contribution is -2.13. The fourth-order valence-electron chi connectivity index (χ4n) is 2.41. The van der Waals surface area contributed by atoms with Gasteiger partial charge in [0.1, 0.15) is 11.0 Å². The molecule has 0 fully saturated rings. The molecule has 0 radical (unpaired) electrons. The van der Waals surface area contributed by atoms with Crippen molar-refractivity contribution in [3.05, 3.63) is 63.7 Å². The number of benzene rings is 1. The van der Waals surface area contributed by atoms with Gasteiger partial charge in [-0.3, -0.25) is 4.79 Å². The van der Waals surface area contributed by atoms with Gasteiger partial charge in [0.2, 0.25) is 0 Å². The molecule has 0 aliphatic heterocycles. The number of aromatic nitrogens is 3. The lowest BCUT2D eigenvalue weighted by Gasteiger charge is -2.10. The molecule has 5 nitrogen and oxygen atoms in total. The van der Waals surface area contributed by atoms with Crippen molar-refractivity contribution in [2.45, 2.75) is 13.8 Å². The van der Waals surface area contributed by atoms with Crippen LogP contribution < -0.4 is 5.32 Å². The first-order valence-corrected chi connectivity index (χ1v) is 8.35. The van der Waals surface area contributed by atoms with E-state index in [9.17, 15) is 4.79 Å². The third kappa shape index (κ3) is 3.52. The van der Waals surface area contributed by atoms with E-state index in [1.807, 2.05) is 25.5 Å². The molecule has 1 amide bonds. The third-order valence-corrected chi connectivity index (χ3v) is 4.54. The zero-order valence-corrected chi connectivity index (χ0v) is 15.5. The Balaban J connectivity index is 1.92. The second-order valence-corrected chi connectivity index (χ2v) is 6.49. The van der Waals surface area contributed by atoms with E-state index in [2.05, 4.69) is 15.3 Å². The number of pyridine rings is 1. The van der Waals surface area contributed by atoms with E-state index in [1.54, 1.807) is 36.5 Å². The number of hydrogen-bond donors (Lipinski definition) is 1. The van der Waals surface area contributed by atoms with Gasteiger partial charge in [0.15, 0.2) is 0 Å². The van der Waals surface area contributed by atoms with Crippen molar-refractivity contribution >= 4 is 34.8 Å². The number of amides is 1. The first kappa shape index (κ1) is 17.5. The standard InChI is InChI=1S/C18H16Cl2N4O/c1-10-4-6-13(16(20)22-10)18(25)23-12-5-7-15(19)14(8-12)17-21-9-11(2)24(17)3/h4-9H,1-3H3,(H,23,25). The summed E-state index contributed by atoms with van der Waals surface area (Å²) < 4.78 is 1.94. The minimum Gasteiger partial charge on any atom is -0.331 e. The normalized spacial score (nSPS) is 10.8. The van der Waals surface area contributed by atoms with Gasteiger partial charge in [-0.15, -0.1) is 0 Å². The van der Waals surface area contributed by atoms with Crippen molar-refractivity contribution in [3.8, 4) is 11.4 Å². The molecule has 2 aromatic heterocycles. The van der Waals surface area contributed by atoms with Crippen LogP contribution >= 0.6 is 23.2 Å². The molecule has 1 aromatic carbocycles. The lowest BCUT2D eigenvalue weighted by molar-refractivity contribution is 0.102. The summed E-state index contributed by atoms with van der Waals surface area (Å²) in [6.07, 6.45) is 1.77. The van der Waals surface area contributed by atoms with Crippen LogP contribution in [0.25, 0.3) is 11.4 Å². The predicted molar refractivity (Wildman–Crippen MR) is 100 cm³/mol. The van der Waals surface area contributed by atoms with Gasteiger partial charge in [-0.1, -0.05) is 23.2 Å². The Kier molecular flexibility index (Phi) is 4.79. The van der Waals surface area contributed by atoms with Crippen molar-refractivity contribution in [2.24, 2.45) is 7.05 Å². The highest BCUT2D eigenvalue weighted by Gasteiger charge is 2.15. The van der Waals surface area contributed by atoms with Crippen LogP contribution in [0.4, 0.5) is 5.69 Å². The summed E-state index contributed by atoms with van der Waals surface area (Å²) in [5.41, 5.74) is 3.42. The molecule has 0 bridgehead atoms.